The first kappa shape index (κ1) is 20.0. The van der Waals surface area contributed by atoms with Crippen molar-refractivity contribution in [2.75, 3.05) is 12.5 Å². The van der Waals surface area contributed by atoms with E-state index < -0.39 is 4.92 Å². The van der Waals surface area contributed by atoms with Gasteiger partial charge < -0.3 is 15.2 Å². The number of hydrogen-bond donors (Lipinski definition) is 1. The monoisotopic (exact) mass is 431 g/mol. The molecule has 0 atom stereocenters. The molecule has 0 aliphatic carbocycles. The molecule has 0 spiro atoms. The van der Waals surface area contributed by atoms with E-state index in [2.05, 4.69) is 11.1 Å². The zero-order chi connectivity index (χ0) is 22.0. The molecule has 0 unspecified atom stereocenters. The van der Waals surface area contributed by atoms with Crippen LogP contribution in [0.15, 0.2) is 47.5 Å². The number of rotatable bonds is 5. The van der Waals surface area contributed by atoms with Crippen molar-refractivity contribution >= 4 is 23.3 Å². The number of aromatic nitrogens is 1. The van der Waals surface area contributed by atoms with Crippen molar-refractivity contribution in [3.8, 4) is 34.8 Å². The number of nitro groups is 1. The largest absolute Gasteiger partial charge is 0.454 e. The first-order valence-electron chi connectivity index (χ1n) is 8.92. The molecule has 31 heavy (non-hydrogen) atoms. The Bertz CT molecular complexity index is 1300. The number of anilines is 1. The molecule has 0 fully saturated rings. The maximum absolute atomic E-state index is 11.3. The van der Waals surface area contributed by atoms with Gasteiger partial charge in [0, 0.05) is 22.9 Å². The number of hydrogen-bond acceptors (Lipinski definition) is 9. The lowest BCUT2D eigenvalue weighted by atomic mass is 9.96. The van der Waals surface area contributed by atoms with Crippen LogP contribution in [0.5, 0.6) is 11.5 Å². The standard InChI is InChI=1S/C21H13N5O4S/c22-8-14-19(12-5-6-17-18(7-12)30-11-29-17)15(9-23)21(25-20(14)24)31-10-13-3-1-2-4-16(13)26(27)28/h1-7H,10-11H2,(H2,24,25). The summed E-state index contributed by atoms with van der Waals surface area (Å²) >= 11 is 1.14. The summed E-state index contributed by atoms with van der Waals surface area (Å²) in [6, 6.07) is 15.6. The first-order valence-corrected chi connectivity index (χ1v) is 9.90. The Hall–Kier alpha value is -4.28. The Morgan fingerprint density at radius 3 is 2.61 bits per heavy atom. The van der Waals surface area contributed by atoms with Gasteiger partial charge in [-0.25, -0.2) is 4.98 Å². The molecule has 0 bridgehead atoms. The summed E-state index contributed by atoms with van der Waals surface area (Å²) in [5.74, 6) is 1.23. The van der Waals surface area contributed by atoms with Crippen LogP contribution in [0.1, 0.15) is 16.7 Å². The van der Waals surface area contributed by atoms with Crippen molar-refractivity contribution in [1.29, 1.82) is 10.5 Å². The quantitative estimate of drug-likeness (QED) is 0.359. The molecule has 9 nitrogen and oxygen atoms in total. The van der Waals surface area contributed by atoms with E-state index in [0.717, 1.165) is 11.8 Å². The number of fused-ring (bicyclic) bond motifs is 1. The molecule has 2 aromatic carbocycles. The maximum Gasteiger partial charge on any atom is 0.273 e. The third-order valence-corrected chi connectivity index (χ3v) is 5.65. The highest BCUT2D eigenvalue weighted by atomic mass is 32.2. The van der Waals surface area contributed by atoms with Crippen molar-refractivity contribution in [2.45, 2.75) is 10.8 Å². The van der Waals surface area contributed by atoms with Gasteiger partial charge in [-0.05, 0) is 17.7 Å². The third kappa shape index (κ3) is 3.68. The minimum atomic E-state index is -0.459. The van der Waals surface area contributed by atoms with Gasteiger partial charge >= 0.3 is 0 Å². The molecule has 0 radical (unpaired) electrons. The molecule has 3 aromatic rings. The molecule has 1 aliphatic rings. The minimum Gasteiger partial charge on any atom is -0.454 e. The fourth-order valence-corrected chi connectivity index (χ4v) is 4.19. The molecule has 1 aromatic heterocycles. The predicted octanol–water partition coefficient (Wildman–Crippen LogP) is 4.00. The fraction of sp³-hybridized carbons (Fsp3) is 0.0952. The Morgan fingerprint density at radius 2 is 1.87 bits per heavy atom. The van der Waals surface area contributed by atoms with Gasteiger partial charge in [-0.2, -0.15) is 10.5 Å². The van der Waals surface area contributed by atoms with Crippen molar-refractivity contribution in [1.82, 2.24) is 4.98 Å². The second-order valence-corrected chi connectivity index (χ2v) is 7.36. The van der Waals surface area contributed by atoms with Crippen LogP contribution in [0, 0.1) is 32.8 Å². The molecule has 2 N–H and O–H groups in total. The number of nitrogen functional groups attached to an aromatic ring is 1. The molecule has 0 saturated carbocycles. The van der Waals surface area contributed by atoms with Gasteiger partial charge in [0.25, 0.3) is 5.69 Å². The van der Waals surface area contributed by atoms with Crippen LogP contribution in [0.4, 0.5) is 11.5 Å². The van der Waals surface area contributed by atoms with Gasteiger partial charge in [0.2, 0.25) is 6.79 Å². The molecule has 0 saturated heterocycles. The summed E-state index contributed by atoms with van der Waals surface area (Å²) in [7, 11) is 0. The number of nitrogens with two attached hydrogens (primary N) is 1. The van der Waals surface area contributed by atoms with Crippen LogP contribution in [0.2, 0.25) is 0 Å². The number of thioether (sulfide) groups is 1. The van der Waals surface area contributed by atoms with Gasteiger partial charge in [-0.1, -0.05) is 36.0 Å². The highest BCUT2D eigenvalue weighted by molar-refractivity contribution is 7.98. The van der Waals surface area contributed by atoms with E-state index in [1.165, 1.54) is 6.07 Å². The third-order valence-electron chi connectivity index (χ3n) is 4.63. The van der Waals surface area contributed by atoms with Crippen LogP contribution in [-0.2, 0) is 5.75 Å². The van der Waals surface area contributed by atoms with Gasteiger partial charge in [-0.15, -0.1) is 0 Å². The molecule has 0 amide bonds. The molecule has 152 valence electrons. The summed E-state index contributed by atoms with van der Waals surface area (Å²) in [6.45, 7) is 0.0877. The van der Waals surface area contributed by atoms with Crippen molar-refractivity contribution in [2.24, 2.45) is 0 Å². The number of para-hydroxylation sites is 1. The number of benzene rings is 2. The number of pyridine rings is 1. The number of nitrogens with zero attached hydrogens (tertiary/aromatic N) is 4. The van der Waals surface area contributed by atoms with E-state index in [0.29, 0.717) is 28.2 Å². The SMILES string of the molecule is N#Cc1c(N)nc(SCc2ccccc2[N+](=O)[O-])c(C#N)c1-c1ccc2c(c1)OCO2. The fourth-order valence-electron chi connectivity index (χ4n) is 3.20. The predicted molar refractivity (Wildman–Crippen MR) is 112 cm³/mol. The second kappa shape index (κ2) is 8.22. The number of nitro benzene ring substituents is 1. The Labute approximate surface area is 180 Å². The van der Waals surface area contributed by atoms with Crippen molar-refractivity contribution in [3.05, 3.63) is 69.3 Å². The normalized spacial score (nSPS) is 11.5. The van der Waals surface area contributed by atoms with Gasteiger partial charge in [0.15, 0.2) is 11.5 Å². The summed E-state index contributed by atoms with van der Waals surface area (Å²) in [6.07, 6.45) is 0. The Kier molecular flexibility index (Phi) is 5.31. The molecular weight excluding hydrogens is 418 g/mol. The second-order valence-electron chi connectivity index (χ2n) is 6.39. The molecule has 10 heteroatoms. The average Bonchev–Trinajstić information content (AvgIpc) is 3.25. The van der Waals surface area contributed by atoms with E-state index in [1.807, 2.05) is 6.07 Å². The molecule has 4 rings (SSSR count). The van der Waals surface area contributed by atoms with Gasteiger partial charge in [0.1, 0.15) is 28.5 Å². The molecule has 1 aliphatic heterocycles. The van der Waals surface area contributed by atoms with Crippen LogP contribution < -0.4 is 15.2 Å². The van der Waals surface area contributed by atoms with Gasteiger partial charge in [0.05, 0.1) is 10.5 Å². The van der Waals surface area contributed by atoms with Crippen LogP contribution >= 0.6 is 11.8 Å². The molecule has 2 heterocycles. The maximum atomic E-state index is 11.3. The number of ether oxygens (including phenoxy) is 2. The van der Waals surface area contributed by atoms with E-state index in [1.54, 1.807) is 36.4 Å². The molecular formula is C21H13N5O4S. The zero-order valence-electron chi connectivity index (χ0n) is 15.9. The van der Waals surface area contributed by atoms with E-state index in [4.69, 9.17) is 15.2 Å². The first-order chi connectivity index (χ1) is 15.0. The van der Waals surface area contributed by atoms with E-state index >= 15 is 0 Å². The summed E-state index contributed by atoms with van der Waals surface area (Å²) in [5.41, 5.74) is 7.62. The van der Waals surface area contributed by atoms with Crippen LogP contribution in [0.3, 0.4) is 0 Å². The highest BCUT2D eigenvalue weighted by Gasteiger charge is 2.23. The Morgan fingerprint density at radius 1 is 1.13 bits per heavy atom. The summed E-state index contributed by atoms with van der Waals surface area (Å²) in [5, 5.41) is 31.1. The lowest BCUT2D eigenvalue weighted by Gasteiger charge is -2.13. The van der Waals surface area contributed by atoms with Crippen molar-refractivity contribution < 1.29 is 14.4 Å². The number of nitriles is 2. The van der Waals surface area contributed by atoms with Crippen LogP contribution in [-0.4, -0.2) is 16.7 Å². The van der Waals surface area contributed by atoms with E-state index in [9.17, 15) is 20.6 Å². The van der Waals surface area contributed by atoms with Crippen LogP contribution in [0.25, 0.3) is 11.1 Å². The van der Waals surface area contributed by atoms with Gasteiger partial charge in [-0.3, -0.25) is 10.1 Å². The smallest absolute Gasteiger partial charge is 0.273 e. The Balaban J connectivity index is 1.80. The topological polar surface area (TPSA) is 148 Å². The highest BCUT2D eigenvalue weighted by Crippen LogP contribution is 2.41. The minimum absolute atomic E-state index is 0.0221. The zero-order valence-corrected chi connectivity index (χ0v) is 16.7. The lowest BCUT2D eigenvalue weighted by Crippen LogP contribution is -2.03. The average molecular weight is 431 g/mol. The summed E-state index contributed by atoms with van der Waals surface area (Å²) < 4.78 is 10.7. The summed E-state index contributed by atoms with van der Waals surface area (Å²) in [4.78, 5) is 15.1. The lowest BCUT2D eigenvalue weighted by molar-refractivity contribution is -0.385. The van der Waals surface area contributed by atoms with E-state index in [-0.39, 0.29) is 40.2 Å². The van der Waals surface area contributed by atoms with Crippen molar-refractivity contribution in [3.63, 3.8) is 0 Å².